The van der Waals surface area contributed by atoms with Crippen LogP contribution in [0.2, 0.25) is 0 Å². The number of nitrogens with zero attached hydrogens (tertiary/aromatic N) is 7. The van der Waals surface area contributed by atoms with E-state index in [9.17, 15) is 10.1 Å². The third-order valence-electron chi connectivity index (χ3n) is 7.34. The zero-order chi connectivity index (χ0) is 28.3. The first-order valence-corrected chi connectivity index (χ1v) is 13.4. The molecule has 0 unspecified atom stereocenters. The molecular weight excluding hydrogens is 502 g/mol. The molecule has 3 heterocycles. The number of aromatic nitrogens is 4. The normalized spacial score (nSPS) is 14.1. The molecule has 0 radical (unpaired) electrons. The van der Waals surface area contributed by atoms with Crippen molar-refractivity contribution in [1.82, 2.24) is 24.8 Å². The van der Waals surface area contributed by atoms with Crippen molar-refractivity contribution in [1.29, 1.82) is 5.26 Å². The van der Waals surface area contributed by atoms with Gasteiger partial charge in [-0.2, -0.15) is 5.26 Å². The van der Waals surface area contributed by atoms with E-state index >= 15 is 0 Å². The van der Waals surface area contributed by atoms with Crippen LogP contribution in [0.25, 0.3) is 11.0 Å². The zero-order valence-electron chi connectivity index (χ0n) is 23.3. The topological polar surface area (TPSA) is 123 Å². The Bertz CT molecular complexity index is 1590. The van der Waals surface area contributed by atoms with Crippen molar-refractivity contribution in [3.63, 3.8) is 0 Å². The molecule has 0 saturated carbocycles. The van der Waals surface area contributed by atoms with Crippen LogP contribution in [0.5, 0.6) is 0 Å². The van der Waals surface area contributed by atoms with Crippen molar-refractivity contribution in [2.24, 2.45) is 0 Å². The van der Waals surface area contributed by atoms with E-state index in [1.54, 1.807) is 24.4 Å². The van der Waals surface area contributed by atoms with Gasteiger partial charge in [0, 0.05) is 43.1 Å². The third-order valence-corrected chi connectivity index (χ3v) is 7.34. The van der Waals surface area contributed by atoms with Gasteiger partial charge in [0.2, 0.25) is 5.95 Å². The van der Waals surface area contributed by atoms with Crippen LogP contribution in [-0.2, 0) is 5.41 Å². The Labute approximate surface area is 234 Å². The molecule has 2 N–H and O–H groups in total. The first-order chi connectivity index (χ1) is 19.3. The fourth-order valence-electron chi connectivity index (χ4n) is 4.63. The van der Waals surface area contributed by atoms with E-state index in [0.717, 1.165) is 49.5 Å². The lowest BCUT2D eigenvalue weighted by molar-refractivity contribution is 0.102. The number of benzene rings is 2. The molecule has 10 nitrogen and oxygen atoms in total. The Hall–Kier alpha value is -4.62. The minimum absolute atomic E-state index is 0.251. The van der Waals surface area contributed by atoms with Crippen LogP contribution < -0.4 is 15.5 Å². The molecule has 40 heavy (non-hydrogen) atoms. The fraction of sp³-hybridized carbons (Fsp3) is 0.333. The highest BCUT2D eigenvalue weighted by Crippen LogP contribution is 2.28. The predicted molar refractivity (Wildman–Crippen MR) is 157 cm³/mol. The Morgan fingerprint density at radius 3 is 2.62 bits per heavy atom. The summed E-state index contributed by atoms with van der Waals surface area (Å²) in [6, 6.07) is 15.1. The predicted octanol–water partition coefficient (Wildman–Crippen LogP) is 4.67. The summed E-state index contributed by atoms with van der Waals surface area (Å²) in [4.78, 5) is 35.9. The number of amides is 1. The third kappa shape index (κ3) is 5.70. The van der Waals surface area contributed by atoms with Crippen LogP contribution in [0.1, 0.15) is 42.3 Å². The number of anilines is 4. The number of nitriles is 1. The number of carbonyl (C=O) groups excluding carboxylic acids is 1. The SMILES string of the molecule is CCN1CCN(c2ncc3ncnc(Nc4cc(NC(=O)c5cccc(C(C)(C)C#N)c5)ccc4C)c3n2)CC1. The number of piperazine rings is 1. The second kappa shape index (κ2) is 11.2. The number of fused-ring (bicyclic) bond motifs is 1. The van der Waals surface area contributed by atoms with E-state index in [1.807, 2.05) is 45.0 Å². The van der Waals surface area contributed by atoms with E-state index in [-0.39, 0.29) is 5.91 Å². The molecule has 0 spiro atoms. The molecule has 5 rings (SSSR count). The average molecular weight is 536 g/mol. The monoisotopic (exact) mass is 535 g/mol. The van der Waals surface area contributed by atoms with Gasteiger partial charge in [0.25, 0.3) is 5.91 Å². The average Bonchev–Trinajstić information content (AvgIpc) is 2.99. The molecule has 1 aliphatic heterocycles. The summed E-state index contributed by atoms with van der Waals surface area (Å²) >= 11 is 0. The Balaban J connectivity index is 1.38. The van der Waals surface area contributed by atoms with Gasteiger partial charge in [-0.15, -0.1) is 0 Å². The van der Waals surface area contributed by atoms with Crippen LogP contribution >= 0.6 is 0 Å². The summed E-state index contributed by atoms with van der Waals surface area (Å²) in [5.41, 5.74) is 4.27. The van der Waals surface area contributed by atoms with Crippen LogP contribution in [0.3, 0.4) is 0 Å². The summed E-state index contributed by atoms with van der Waals surface area (Å²) in [6.45, 7) is 12.6. The lowest BCUT2D eigenvalue weighted by Gasteiger charge is -2.34. The lowest BCUT2D eigenvalue weighted by atomic mass is 9.85. The number of likely N-dealkylation sites (N-methyl/N-ethyl adjacent to an activating group) is 1. The van der Waals surface area contributed by atoms with Crippen molar-refractivity contribution in [3.05, 3.63) is 71.7 Å². The second-order valence-corrected chi connectivity index (χ2v) is 10.5. The van der Waals surface area contributed by atoms with Gasteiger partial charge in [0.15, 0.2) is 5.82 Å². The van der Waals surface area contributed by atoms with E-state index in [4.69, 9.17) is 4.98 Å². The minimum Gasteiger partial charge on any atom is -0.338 e. The Morgan fingerprint density at radius 2 is 1.88 bits per heavy atom. The van der Waals surface area contributed by atoms with Gasteiger partial charge in [-0.1, -0.05) is 25.1 Å². The highest BCUT2D eigenvalue weighted by atomic mass is 16.1. The van der Waals surface area contributed by atoms with E-state index in [2.05, 4.69) is 48.4 Å². The first-order valence-electron chi connectivity index (χ1n) is 13.4. The summed E-state index contributed by atoms with van der Waals surface area (Å²) in [5, 5.41) is 15.8. The van der Waals surface area contributed by atoms with Gasteiger partial charge in [-0.3, -0.25) is 4.79 Å². The molecule has 1 saturated heterocycles. The molecule has 1 fully saturated rings. The fourth-order valence-corrected chi connectivity index (χ4v) is 4.63. The lowest BCUT2D eigenvalue weighted by Crippen LogP contribution is -2.46. The maximum Gasteiger partial charge on any atom is 0.255 e. The number of nitrogens with one attached hydrogen (secondary N) is 2. The van der Waals surface area contributed by atoms with E-state index in [1.165, 1.54) is 6.33 Å². The standard InChI is InChI=1S/C30H33N9O/c1-5-38-11-13-39(14-12-38)29-32-17-25-26(37-29)27(34-19-33-25)36-24-16-23(10-9-20(24)2)35-28(40)21-7-6-8-22(15-21)30(3,4)18-31/h6-10,15-17,19H,5,11-14H2,1-4H3,(H,35,40)(H,33,34,36). The van der Waals surface area contributed by atoms with Crippen LogP contribution in [0.4, 0.5) is 23.1 Å². The van der Waals surface area contributed by atoms with Crippen molar-refractivity contribution in [2.45, 2.75) is 33.1 Å². The first kappa shape index (κ1) is 27.0. The molecule has 0 bridgehead atoms. The van der Waals surface area contributed by atoms with Crippen molar-refractivity contribution >= 4 is 40.1 Å². The maximum atomic E-state index is 13.1. The highest BCUT2D eigenvalue weighted by molar-refractivity contribution is 6.04. The minimum atomic E-state index is -0.690. The molecule has 2 aromatic carbocycles. The molecule has 204 valence electrons. The number of rotatable bonds is 7. The number of hydrogen-bond donors (Lipinski definition) is 2. The highest BCUT2D eigenvalue weighted by Gasteiger charge is 2.21. The van der Waals surface area contributed by atoms with Crippen molar-refractivity contribution in [2.75, 3.05) is 48.3 Å². The van der Waals surface area contributed by atoms with Gasteiger partial charge in [-0.25, -0.2) is 19.9 Å². The summed E-state index contributed by atoms with van der Waals surface area (Å²) < 4.78 is 0. The van der Waals surface area contributed by atoms with Gasteiger partial charge in [0.05, 0.1) is 17.7 Å². The smallest absolute Gasteiger partial charge is 0.255 e. The zero-order valence-corrected chi connectivity index (χ0v) is 23.3. The van der Waals surface area contributed by atoms with Crippen molar-refractivity contribution < 1.29 is 4.79 Å². The number of hydrogen-bond acceptors (Lipinski definition) is 9. The molecule has 0 atom stereocenters. The summed E-state index contributed by atoms with van der Waals surface area (Å²) in [5.74, 6) is 0.984. The van der Waals surface area contributed by atoms with Gasteiger partial charge in [-0.05, 0) is 62.7 Å². The number of aryl methyl sites for hydroxylation is 1. The van der Waals surface area contributed by atoms with Gasteiger partial charge in [0.1, 0.15) is 17.4 Å². The molecule has 1 amide bonds. The van der Waals surface area contributed by atoms with Gasteiger partial charge >= 0.3 is 0 Å². The molecular formula is C30H33N9O. The van der Waals surface area contributed by atoms with Crippen LogP contribution in [0, 0.1) is 18.3 Å². The Morgan fingerprint density at radius 1 is 1.07 bits per heavy atom. The molecule has 0 aliphatic carbocycles. The Kier molecular flexibility index (Phi) is 7.58. The largest absolute Gasteiger partial charge is 0.338 e. The summed E-state index contributed by atoms with van der Waals surface area (Å²) in [6.07, 6.45) is 3.23. The molecule has 1 aliphatic rings. The molecule has 4 aromatic rings. The second-order valence-electron chi connectivity index (χ2n) is 10.5. The van der Waals surface area contributed by atoms with E-state index < -0.39 is 5.41 Å². The van der Waals surface area contributed by atoms with Crippen LogP contribution in [0.15, 0.2) is 55.0 Å². The molecule has 2 aromatic heterocycles. The van der Waals surface area contributed by atoms with Gasteiger partial charge < -0.3 is 20.4 Å². The molecule has 10 heteroatoms. The summed E-state index contributed by atoms with van der Waals surface area (Å²) in [7, 11) is 0. The van der Waals surface area contributed by atoms with E-state index in [0.29, 0.717) is 34.1 Å². The van der Waals surface area contributed by atoms with Crippen molar-refractivity contribution in [3.8, 4) is 6.07 Å². The number of carbonyl (C=O) groups is 1. The quantitative estimate of drug-likeness (QED) is 0.348. The maximum absolute atomic E-state index is 13.1. The van der Waals surface area contributed by atoms with Crippen LogP contribution in [-0.4, -0.2) is 63.5 Å².